The third kappa shape index (κ3) is 2.90. The molecule has 108 valence electrons. The van der Waals surface area contributed by atoms with Gasteiger partial charge in [0.15, 0.2) is 5.82 Å². The molecule has 3 N–H and O–H groups in total. The van der Waals surface area contributed by atoms with E-state index in [0.717, 1.165) is 42.0 Å². The van der Waals surface area contributed by atoms with Gasteiger partial charge in [0.2, 0.25) is 0 Å². The van der Waals surface area contributed by atoms with Crippen LogP contribution in [-0.2, 0) is 11.3 Å². The first kappa shape index (κ1) is 13.7. The maximum absolute atomic E-state index is 5.65. The summed E-state index contributed by atoms with van der Waals surface area (Å²) in [5, 5.41) is 2.98. The zero-order chi connectivity index (χ0) is 13.9. The number of ether oxygens (including phenoxy) is 1. The summed E-state index contributed by atoms with van der Waals surface area (Å²) < 4.78 is 5.65. The zero-order valence-corrected chi connectivity index (χ0v) is 12.3. The Balaban J connectivity index is 1.72. The summed E-state index contributed by atoms with van der Waals surface area (Å²) in [5.74, 6) is 7.01. The van der Waals surface area contributed by atoms with Gasteiger partial charge in [-0.05, 0) is 31.3 Å². The number of aromatic nitrogens is 2. The Morgan fingerprint density at radius 1 is 1.55 bits per heavy atom. The molecule has 1 fully saturated rings. The van der Waals surface area contributed by atoms with Crippen LogP contribution in [0.25, 0.3) is 10.2 Å². The van der Waals surface area contributed by atoms with Crippen LogP contribution in [0.15, 0.2) is 11.4 Å². The van der Waals surface area contributed by atoms with Crippen molar-refractivity contribution in [2.45, 2.75) is 25.5 Å². The number of nitrogens with one attached hydrogen (secondary N) is 1. The lowest BCUT2D eigenvalue weighted by atomic mass is 10.2. The molecule has 1 aliphatic rings. The second-order valence-corrected chi connectivity index (χ2v) is 6.00. The third-order valence-corrected chi connectivity index (χ3v) is 4.27. The molecule has 1 unspecified atom stereocenters. The van der Waals surface area contributed by atoms with E-state index in [1.54, 1.807) is 11.3 Å². The van der Waals surface area contributed by atoms with Crippen molar-refractivity contribution >= 4 is 27.4 Å². The molecule has 0 aromatic carbocycles. The number of fused-ring (bicyclic) bond motifs is 1. The van der Waals surface area contributed by atoms with Crippen LogP contribution in [0.4, 0.5) is 5.82 Å². The van der Waals surface area contributed by atoms with Gasteiger partial charge < -0.3 is 10.2 Å². The second kappa shape index (κ2) is 6.01. The van der Waals surface area contributed by atoms with Gasteiger partial charge in [-0.2, -0.15) is 0 Å². The number of nitrogens with two attached hydrogens (primary N) is 1. The van der Waals surface area contributed by atoms with Gasteiger partial charge in [0.1, 0.15) is 10.7 Å². The van der Waals surface area contributed by atoms with Crippen LogP contribution >= 0.6 is 11.3 Å². The first-order valence-corrected chi connectivity index (χ1v) is 7.65. The second-order valence-electron chi connectivity index (χ2n) is 5.10. The molecular weight excluding hydrogens is 274 g/mol. The highest BCUT2D eigenvalue weighted by Crippen LogP contribution is 2.24. The largest absolute Gasteiger partial charge is 0.377 e. The number of hydrazine groups is 1. The minimum absolute atomic E-state index is 0.345. The predicted octanol–water partition coefficient (Wildman–Crippen LogP) is 1.59. The molecule has 0 aliphatic carbocycles. The van der Waals surface area contributed by atoms with E-state index in [1.807, 2.05) is 11.4 Å². The molecule has 1 saturated heterocycles. The normalized spacial score (nSPS) is 19.1. The average molecular weight is 293 g/mol. The third-order valence-electron chi connectivity index (χ3n) is 3.46. The quantitative estimate of drug-likeness (QED) is 0.644. The Morgan fingerprint density at radius 2 is 2.45 bits per heavy atom. The lowest BCUT2D eigenvalue weighted by Crippen LogP contribution is -2.29. The summed E-state index contributed by atoms with van der Waals surface area (Å²) in [5.41, 5.74) is 2.66. The highest BCUT2D eigenvalue weighted by molar-refractivity contribution is 7.16. The molecule has 0 radical (unpaired) electrons. The van der Waals surface area contributed by atoms with E-state index >= 15 is 0 Å². The number of thiophene rings is 1. The molecule has 1 atom stereocenters. The van der Waals surface area contributed by atoms with E-state index in [1.165, 1.54) is 0 Å². The first-order valence-electron chi connectivity index (χ1n) is 6.77. The van der Waals surface area contributed by atoms with Crippen LogP contribution in [0.3, 0.4) is 0 Å². The van der Waals surface area contributed by atoms with Crippen molar-refractivity contribution in [2.24, 2.45) is 5.84 Å². The molecule has 6 nitrogen and oxygen atoms in total. The molecule has 0 amide bonds. The van der Waals surface area contributed by atoms with Crippen molar-refractivity contribution in [3.8, 4) is 0 Å². The van der Waals surface area contributed by atoms with Crippen LogP contribution in [0.2, 0.25) is 0 Å². The minimum Gasteiger partial charge on any atom is -0.377 e. The van der Waals surface area contributed by atoms with Gasteiger partial charge >= 0.3 is 0 Å². The topological polar surface area (TPSA) is 76.3 Å². The smallest absolute Gasteiger partial charge is 0.152 e. The summed E-state index contributed by atoms with van der Waals surface area (Å²) in [6, 6.07) is 1.98. The number of hydrogen-bond donors (Lipinski definition) is 2. The standard InChI is InChI=1S/C13H19N5OS/c1-18(7-9-3-2-5-19-9)8-11-15-12(17-14)10-4-6-20-13(10)16-11/h4,6,9H,2-3,5,7-8,14H2,1H3,(H,15,16,17). The van der Waals surface area contributed by atoms with Crippen LogP contribution in [0.1, 0.15) is 18.7 Å². The Morgan fingerprint density at radius 3 is 3.20 bits per heavy atom. The number of likely N-dealkylation sites (N-methyl/N-ethyl adjacent to an activating group) is 1. The Hall–Kier alpha value is -1.28. The Bertz CT molecular complexity index is 581. The fourth-order valence-electron chi connectivity index (χ4n) is 2.52. The first-order chi connectivity index (χ1) is 9.76. The highest BCUT2D eigenvalue weighted by atomic mass is 32.1. The number of hydrogen-bond acceptors (Lipinski definition) is 7. The maximum Gasteiger partial charge on any atom is 0.152 e. The molecule has 2 aromatic rings. The van der Waals surface area contributed by atoms with Crippen molar-refractivity contribution in [1.29, 1.82) is 0 Å². The molecule has 3 heterocycles. The van der Waals surface area contributed by atoms with E-state index in [-0.39, 0.29) is 0 Å². The summed E-state index contributed by atoms with van der Waals surface area (Å²) >= 11 is 1.60. The van der Waals surface area contributed by atoms with Crippen molar-refractivity contribution in [3.05, 3.63) is 17.3 Å². The average Bonchev–Trinajstić information content (AvgIpc) is 3.08. The number of anilines is 1. The van der Waals surface area contributed by atoms with Gasteiger partial charge in [0.25, 0.3) is 0 Å². The van der Waals surface area contributed by atoms with E-state index in [0.29, 0.717) is 18.5 Å². The van der Waals surface area contributed by atoms with E-state index < -0.39 is 0 Å². The molecule has 3 rings (SSSR count). The summed E-state index contributed by atoms with van der Waals surface area (Å²) in [6.45, 7) is 2.50. The van der Waals surface area contributed by atoms with Crippen molar-refractivity contribution < 1.29 is 4.74 Å². The molecule has 1 aliphatic heterocycles. The number of rotatable bonds is 5. The van der Waals surface area contributed by atoms with E-state index in [4.69, 9.17) is 10.6 Å². The van der Waals surface area contributed by atoms with Gasteiger partial charge in [-0.15, -0.1) is 11.3 Å². The Kier molecular flexibility index (Phi) is 4.11. The lowest BCUT2D eigenvalue weighted by Gasteiger charge is -2.19. The van der Waals surface area contributed by atoms with Crippen LogP contribution in [0, 0.1) is 0 Å². The minimum atomic E-state index is 0.345. The zero-order valence-electron chi connectivity index (χ0n) is 11.5. The summed E-state index contributed by atoms with van der Waals surface area (Å²) in [7, 11) is 2.07. The van der Waals surface area contributed by atoms with Crippen LogP contribution in [0.5, 0.6) is 0 Å². The SMILES string of the molecule is CN(Cc1nc(NN)c2ccsc2n1)CC1CCCO1. The molecule has 20 heavy (non-hydrogen) atoms. The summed E-state index contributed by atoms with van der Waals surface area (Å²) in [6.07, 6.45) is 2.65. The molecule has 2 aromatic heterocycles. The van der Waals surface area contributed by atoms with Gasteiger partial charge in [-0.25, -0.2) is 15.8 Å². The Labute approximate surface area is 121 Å². The molecular formula is C13H19N5OS. The highest BCUT2D eigenvalue weighted by Gasteiger charge is 2.18. The molecule has 0 spiro atoms. The van der Waals surface area contributed by atoms with Crippen molar-refractivity contribution in [1.82, 2.24) is 14.9 Å². The fourth-order valence-corrected chi connectivity index (χ4v) is 3.31. The lowest BCUT2D eigenvalue weighted by molar-refractivity contribution is 0.0787. The van der Waals surface area contributed by atoms with E-state index in [2.05, 4.69) is 27.3 Å². The number of nitrogen functional groups attached to an aromatic ring is 1. The predicted molar refractivity (Wildman–Crippen MR) is 80.5 cm³/mol. The molecule has 7 heteroatoms. The van der Waals surface area contributed by atoms with Gasteiger partial charge in [0.05, 0.1) is 18.0 Å². The monoisotopic (exact) mass is 293 g/mol. The number of nitrogens with zero attached hydrogens (tertiary/aromatic N) is 3. The van der Waals surface area contributed by atoms with Crippen LogP contribution < -0.4 is 11.3 Å². The maximum atomic E-state index is 5.65. The van der Waals surface area contributed by atoms with Gasteiger partial charge in [-0.3, -0.25) is 4.90 Å². The van der Waals surface area contributed by atoms with Gasteiger partial charge in [0, 0.05) is 13.2 Å². The fraction of sp³-hybridized carbons (Fsp3) is 0.538. The van der Waals surface area contributed by atoms with E-state index in [9.17, 15) is 0 Å². The summed E-state index contributed by atoms with van der Waals surface area (Å²) in [4.78, 5) is 12.2. The van der Waals surface area contributed by atoms with Crippen molar-refractivity contribution in [2.75, 3.05) is 25.6 Å². The molecule has 0 saturated carbocycles. The van der Waals surface area contributed by atoms with Crippen LogP contribution in [-0.4, -0.2) is 41.2 Å². The van der Waals surface area contributed by atoms with Gasteiger partial charge in [-0.1, -0.05) is 0 Å². The van der Waals surface area contributed by atoms with Crippen molar-refractivity contribution in [3.63, 3.8) is 0 Å². The molecule has 0 bridgehead atoms.